The molecule has 1 amide bonds. The Bertz CT molecular complexity index is 511. The van der Waals surface area contributed by atoms with Crippen molar-refractivity contribution in [3.63, 3.8) is 0 Å². The van der Waals surface area contributed by atoms with Crippen LogP contribution in [0.15, 0.2) is 4.99 Å². The highest BCUT2D eigenvalue weighted by Crippen LogP contribution is 2.37. The van der Waals surface area contributed by atoms with Gasteiger partial charge in [-0.25, -0.2) is 4.79 Å². The zero-order valence-corrected chi connectivity index (χ0v) is 16.1. The lowest BCUT2D eigenvalue weighted by Gasteiger charge is -2.39. The van der Waals surface area contributed by atoms with Crippen LogP contribution in [0.2, 0.25) is 0 Å². The van der Waals surface area contributed by atoms with Crippen LogP contribution >= 0.6 is 11.8 Å². The summed E-state index contributed by atoms with van der Waals surface area (Å²) in [5.41, 5.74) is -0.443. The predicted octanol–water partition coefficient (Wildman–Crippen LogP) is 2.15. The molecule has 0 aromatic heterocycles. The Kier molecular flexibility index (Phi) is 4.91. The van der Waals surface area contributed by atoms with E-state index in [1.807, 2.05) is 25.7 Å². The van der Waals surface area contributed by atoms with Gasteiger partial charge >= 0.3 is 6.09 Å². The van der Waals surface area contributed by atoms with E-state index in [0.717, 1.165) is 25.6 Å². The first-order valence-corrected chi connectivity index (χ1v) is 9.91. The average molecular weight is 355 g/mol. The number of fused-ring (bicyclic) bond motifs is 1. The molecule has 0 aromatic carbocycles. The van der Waals surface area contributed by atoms with E-state index in [9.17, 15) is 4.79 Å². The molecule has 0 spiro atoms. The Labute approximate surface area is 149 Å². The normalized spacial score (nSPS) is 30.2. The van der Waals surface area contributed by atoms with E-state index in [1.54, 1.807) is 0 Å². The number of carbonyl (C=O) groups excluding carboxylic acids is 1. The quantitative estimate of drug-likeness (QED) is 0.823. The number of nitrogens with one attached hydrogen (secondary N) is 1. The number of hydrogen-bond donors (Lipinski definition) is 1. The number of nitrogens with zero attached hydrogens (tertiary/aromatic N) is 3. The summed E-state index contributed by atoms with van der Waals surface area (Å²) in [7, 11) is 0. The molecule has 0 aromatic rings. The van der Waals surface area contributed by atoms with Gasteiger partial charge in [-0.05, 0) is 46.3 Å². The molecule has 3 heterocycles. The minimum Gasteiger partial charge on any atom is -0.444 e. The summed E-state index contributed by atoms with van der Waals surface area (Å²) >= 11 is 2.06. The third-order valence-corrected chi connectivity index (χ3v) is 6.32. The molecule has 2 fully saturated rings. The fourth-order valence-electron chi connectivity index (χ4n) is 3.47. The molecule has 0 radical (unpaired) electrons. The molecule has 1 N–H and O–H groups in total. The Hall–Kier alpha value is -1.11. The van der Waals surface area contributed by atoms with E-state index in [2.05, 4.69) is 33.9 Å². The van der Waals surface area contributed by atoms with Crippen molar-refractivity contribution >= 4 is 23.8 Å². The molecule has 3 rings (SSSR count). The number of rotatable bonds is 2. The summed E-state index contributed by atoms with van der Waals surface area (Å²) in [5.74, 6) is 2.28. The van der Waals surface area contributed by atoms with Gasteiger partial charge in [-0.3, -0.25) is 4.99 Å². The van der Waals surface area contributed by atoms with Crippen LogP contribution in [-0.4, -0.2) is 76.7 Å². The predicted molar refractivity (Wildman–Crippen MR) is 98.7 cm³/mol. The topological polar surface area (TPSA) is 57.2 Å². The van der Waals surface area contributed by atoms with Crippen molar-refractivity contribution in [2.24, 2.45) is 4.99 Å². The zero-order valence-electron chi connectivity index (χ0n) is 15.3. The molecule has 0 aliphatic carbocycles. The summed E-state index contributed by atoms with van der Waals surface area (Å²) in [6.45, 7) is 12.0. The van der Waals surface area contributed by atoms with Crippen LogP contribution < -0.4 is 5.32 Å². The molecule has 2 saturated heterocycles. The highest BCUT2D eigenvalue weighted by Gasteiger charge is 2.37. The van der Waals surface area contributed by atoms with Gasteiger partial charge in [0.15, 0.2) is 5.96 Å². The first-order chi connectivity index (χ1) is 11.3. The third kappa shape index (κ3) is 4.10. The Morgan fingerprint density at radius 3 is 2.92 bits per heavy atom. The Balaban J connectivity index is 1.50. The lowest BCUT2D eigenvalue weighted by molar-refractivity contribution is 0.0137. The molecular weight excluding hydrogens is 324 g/mol. The largest absolute Gasteiger partial charge is 0.444 e. The average Bonchev–Trinajstić information content (AvgIpc) is 3.09. The fourth-order valence-corrected chi connectivity index (χ4v) is 4.71. The van der Waals surface area contributed by atoms with Gasteiger partial charge in [-0.2, -0.15) is 11.8 Å². The number of hydrogen-bond acceptors (Lipinski definition) is 6. The molecule has 7 heteroatoms. The van der Waals surface area contributed by atoms with Crippen LogP contribution in [0.25, 0.3) is 0 Å². The van der Waals surface area contributed by atoms with Crippen LogP contribution in [0.3, 0.4) is 0 Å². The van der Waals surface area contributed by atoms with Crippen molar-refractivity contribution < 1.29 is 9.53 Å². The lowest BCUT2D eigenvalue weighted by atomic mass is 10.1. The molecule has 2 unspecified atom stereocenters. The molecular formula is C17H30N4O2S. The summed E-state index contributed by atoms with van der Waals surface area (Å²) in [6.07, 6.45) is 2.37. The minimum atomic E-state index is -0.443. The maximum Gasteiger partial charge on any atom is 0.410 e. The molecule has 0 bridgehead atoms. The minimum absolute atomic E-state index is 0.210. The van der Waals surface area contributed by atoms with Crippen LogP contribution in [-0.2, 0) is 4.74 Å². The maximum absolute atomic E-state index is 12.3. The molecule has 6 nitrogen and oxygen atoms in total. The summed E-state index contributed by atoms with van der Waals surface area (Å²) < 4.78 is 5.83. The third-order valence-electron chi connectivity index (χ3n) is 4.78. The van der Waals surface area contributed by atoms with E-state index in [0.29, 0.717) is 17.8 Å². The van der Waals surface area contributed by atoms with Crippen molar-refractivity contribution in [1.29, 1.82) is 0 Å². The van der Waals surface area contributed by atoms with Gasteiger partial charge in [0.05, 0.1) is 12.6 Å². The van der Waals surface area contributed by atoms with Crippen LogP contribution in [0, 0.1) is 0 Å². The maximum atomic E-state index is 12.3. The van der Waals surface area contributed by atoms with Gasteiger partial charge in [0.25, 0.3) is 0 Å². The molecule has 24 heavy (non-hydrogen) atoms. The second-order valence-electron chi connectivity index (χ2n) is 8.19. The Morgan fingerprint density at radius 1 is 1.46 bits per heavy atom. The van der Waals surface area contributed by atoms with Crippen molar-refractivity contribution in [3.05, 3.63) is 0 Å². The van der Waals surface area contributed by atoms with Gasteiger partial charge in [-0.1, -0.05) is 0 Å². The van der Waals surface area contributed by atoms with E-state index in [-0.39, 0.29) is 12.1 Å². The van der Waals surface area contributed by atoms with Gasteiger partial charge < -0.3 is 19.9 Å². The van der Waals surface area contributed by atoms with Crippen molar-refractivity contribution in [1.82, 2.24) is 15.1 Å². The van der Waals surface area contributed by atoms with Gasteiger partial charge in [0.2, 0.25) is 0 Å². The molecule has 3 aliphatic heterocycles. The lowest BCUT2D eigenvalue weighted by Crippen LogP contribution is -2.58. The monoisotopic (exact) mass is 354 g/mol. The second-order valence-corrected chi connectivity index (χ2v) is 9.88. The van der Waals surface area contributed by atoms with E-state index >= 15 is 0 Å². The summed E-state index contributed by atoms with van der Waals surface area (Å²) in [6, 6.07) is 0.276. The smallest absolute Gasteiger partial charge is 0.410 e. The highest BCUT2D eigenvalue weighted by atomic mass is 32.2. The summed E-state index contributed by atoms with van der Waals surface area (Å²) in [5, 5.41) is 3.57. The summed E-state index contributed by atoms with van der Waals surface area (Å²) in [4.78, 5) is 21.1. The molecule has 2 atom stereocenters. The number of ether oxygens (including phenoxy) is 1. The number of aliphatic imine (C=N–C) groups is 1. The zero-order chi connectivity index (χ0) is 17.4. The van der Waals surface area contributed by atoms with Crippen molar-refractivity contribution in [2.45, 2.75) is 56.9 Å². The van der Waals surface area contributed by atoms with E-state index in [1.165, 1.54) is 18.6 Å². The van der Waals surface area contributed by atoms with Crippen molar-refractivity contribution in [2.75, 3.05) is 38.5 Å². The van der Waals surface area contributed by atoms with Gasteiger partial charge in [0, 0.05) is 30.9 Å². The van der Waals surface area contributed by atoms with Gasteiger partial charge in [0.1, 0.15) is 5.60 Å². The number of guanidine groups is 1. The molecule has 0 saturated carbocycles. The highest BCUT2D eigenvalue weighted by molar-refractivity contribution is 8.00. The van der Waals surface area contributed by atoms with Gasteiger partial charge in [-0.15, -0.1) is 0 Å². The van der Waals surface area contributed by atoms with Crippen LogP contribution in [0.1, 0.15) is 40.5 Å². The first-order valence-electron chi connectivity index (χ1n) is 8.93. The number of carbonyl (C=O) groups is 1. The molecule has 136 valence electrons. The number of thioether (sulfide) groups is 1. The van der Waals surface area contributed by atoms with Crippen LogP contribution in [0.5, 0.6) is 0 Å². The SMILES string of the molecule is CC(C)(C)OC(=O)N1CCN2C(NCC3(C)CCCS3)=NCC2C1. The van der Waals surface area contributed by atoms with Crippen LogP contribution in [0.4, 0.5) is 4.79 Å². The van der Waals surface area contributed by atoms with E-state index < -0.39 is 5.60 Å². The standard InChI is InChI=1S/C17H30N4O2S/c1-16(2,3)23-15(22)20-7-8-21-13(11-20)10-18-14(21)19-12-17(4)6-5-9-24-17/h13H,5-12H2,1-4H3,(H,18,19). The van der Waals surface area contributed by atoms with E-state index in [4.69, 9.17) is 4.74 Å². The Morgan fingerprint density at radius 2 is 2.25 bits per heavy atom. The number of piperazine rings is 1. The fraction of sp³-hybridized carbons (Fsp3) is 0.882. The van der Waals surface area contributed by atoms with Crippen molar-refractivity contribution in [3.8, 4) is 0 Å². The second kappa shape index (κ2) is 6.65. The first kappa shape index (κ1) is 17.7. The molecule has 3 aliphatic rings. The number of amides is 1.